The van der Waals surface area contributed by atoms with Gasteiger partial charge in [-0.1, -0.05) is 6.07 Å². The summed E-state index contributed by atoms with van der Waals surface area (Å²) in [5.74, 6) is 1.23. The first-order valence-corrected chi connectivity index (χ1v) is 7.86. The summed E-state index contributed by atoms with van der Waals surface area (Å²) in [4.78, 5) is 25.3. The average molecular weight is 324 g/mol. The molecule has 0 bridgehead atoms. The smallest absolute Gasteiger partial charge is 0.431 e. The molecule has 1 aliphatic rings. The van der Waals surface area contributed by atoms with Crippen molar-refractivity contribution in [2.45, 2.75) is 32.4 Å². The normalized spacial score (nSPS) is 18.0. The van der Waals surface area contributed by atoms with Crippen molar-refractivity contribution in [1.82, 2.24) is 10.5 Å². The molecule has 120 valence electrons. The van der Waals surface area contributed by atoms with Gasteiger partial charge in [-0.05, 0) is 32.9 Å². The van der Waals surface area contributed by atoms with Crippen LogP contribution in [0.5, 0.6) is 0 Å². The van der Waals surface area contributed by atoms with Gasteiger partial charge in [0.25, 0.3) is 0 Å². The van der Waals surface area contributed by atoms with E-state index in [9.17, 15) is 4.79 Å². The summed E-state index contributed by atoms with van der Waals surface area (Å²) in [6.45, 7) is 5.64. The zero-order valence-electron chi connectivity index (χ0n) is 12.8. The van der Waals surface area contributed by atoms with Crippen LogP contribution in [0.3, 0.4) is 0 Å². The fraction of sp³-hybridized carbons (Fsp3) is 0.500. The van der Waals surface area contributed by atoms with Crippen LogP contribution in [0.1, 0.15) is 26.5 Å². The standard InChI is InChI=1S/C14H20N4O3S/c1-14(2,3)21-13(19)18-20-7-9-8-22-12(16-9)10-5-4-6-11(15)17-10/h4-6,9H,7-8H2,1-3H3,(H2,15,17)(H,18,19). The maximum Gasteiger partial charge on any atom is 0.431 e. The third-order valence-electron chi connectivity index (χ3n) is 2.53. The number of nitrogens with one attached hydrogen (secondary N) is 1. The molecule has 0 aromatic carbocycles. The van der Waals surface area contributed by atoms with Crippen molar-refractivity contribution in [1.29, 1.82) is 0 Å². The van der Waals surface area contributed by atoms with Gasteiger partial charge >= 0.3 is 6.09 Å². The van der Waals surface area contributed by atoms with Crippen molar-refractivity contribution in [3.63, 3.8) is 0 Å². The Hall–Kier alpha value is -1.80. The molecule has 0 aliphatic carbocycles. The Morgan fingerprint density at radius 3 is 2.95 bits per heavy atom. The van der Waals surface area contributed by atoms with E-state index >= 15 is 0 Å². The predicted octanol–water partition coefficient (Wildman–Crippen LogP) is 1.98. The lowest BCUT2D eigenvalue weighted by molar-refractivity contribution is -0.00958. The predicted molar refractivity (Wildman–Crippen MR) is 86.8 cm³/mol. The van der Waals surface area contributed by atoms with Crippen molar-refractivity contribution in [3.05, 3.63) is 23.9 Å². The maximum absolute atomic E-state index is 11.4. The third-order valence-corrected chi connectivity index (χ3v) is 3.67. The number of carbonyl (C=O) groups excluding carboxylic acids is 1. The molecule has 1 aliphatic heterocycles. The molecule has 0 radical (unpaired) electrons. The fourth-order valence-electron chi connectivity index (χ4n) is 1.71. The molecule has 1 aromatic rings. The molecule has 2 heterocycles. The molecule has 0 saturated heterocycles. The number of hydroxylamine groups is 1. The Labute approximate surface area is 133 Å². The average Bonchev–Trinajstić information content (AvgIpc) is 2.85. The summed E-state index contributed by atoms with van der Waals surface area (Å²) < 4.78 is 5.07. The number of pyridine rings is 1. The van der Waals surface area contributed by atoms with Crippen LogP contribution >= 0.6 is 11.8 Å². The van der Waals surface area contributed by atoms with E-state index in [4.69, 9.17) is 15.3 Å². The van der Waals surface area contributed by atoms with Crippen LogP contribution in [0.2, 0.25) is 0 Å². The van der Waals surface area contributed by atoms with Gasteiger partial charge < -0.3 is 10.5 Å². The van der Waals surface area contributed by atoms with Crippen molar-refractivity contribution < 1.29 is 14.4 Å². The van der Waals surface area contributed by atoms with Crippen LogP contribution in [0.4, 0.5) is 10.6 Å². The number of hydrogen-bond acceptors (Lipinski definition) is 7. The quantitative estimate of drug-likeness (QED) is 0.822. The van der Waals surface area contributed by atoms with E-state index in [1.165, 1.54) is 0 Å². The van der Waals surface area contributed by atoms with E-state index in [0.29, 0.717) is 5.82 Å². The van der Waals surface area contributed by atoms with Gasteiger partial charge in [-0.15, -0.1) is 11.8 Å². The van der Waals surface area contributed by atoms with E-state index < -0.39 is 11.7 Å². The highest BCUT2D eigenvalue weighted by Gasteiger charge is 2.22. The van der Waals surface area contributed by atoms with Crippen LogP contribution in [0.25, 0.3) is 0 Å². The van der Waals surface area contributed by atoms with E-state index in [1.807, 2.05) is 12.1 Å². The molecule has 1 aromatic heterocycles. The van der Waals surface area contributed by atoms with E-state index in [-0.39, 0.29) is 12.6 Å². The number of ether oxygens (including phenoxy) is 1. The van der Waals surface area contributed by atoms with Gasteiger partial charge in [-0.2, -0.15) is 5.48 Å². The Balaban J connectivity index is 1.80. The number of amides is 1. The van der Waals surface area contributed by atoms with Crippen LogP contribution < -0.4 is 11.2 Å². The largest absolute Gasteiger partial charge is 0.442 e. The summed E-state index contributed by atoms with van der Waals surface area (Å²) >= 11 is 1.59. The Morgan fingerprint density at radius 1 is 1.50 bits per heavy atom. The lowest BCUT2D eigenvalue weighted by Crippen LogP contribution is -2.34. The summed E-state index contributed by atoms with van der Waals surface area (Å²) in [7, 11) is 0. The second-order valence-corrected chi connectivity index (χ2v) is 6.77. The first-order chi connectivity index (χ1) is 10.3. The highest BCUT2D eigenvalue weighted by atomic mass is 32.2. The SMILES string of the molecule is CC(C)(C)OC(=O)NOCC1CSC(c2cccc(N)n2)=N1. The summed E-state index contributed by atoms with van der Waals surface area (Å²) in [6.07, 6.45) is -0.611. The zero-order valence-corrected chi connectivity index (χ0v) is 13.6. The van der Waals surface area contributed by atoms with Crippen LogP contribution in [0, 0.1) is 0 Å². The number of aliphatic imine (C=N–C) groups is 1. The number of thioether (sulfide) groups is 1. The Bertz CT molecular complexity index is 571. The lowest BCUT2D eigenvalue weighted by atomic mass is 10.2. The second-order valence-electron chi connectivity index (χ2n) is 5.76. The molecule has 0 fully saturated rings. The van der Waals surface area contributed by atoms with E-state index in [1.54, 1.807) is 38.6 Å². The molecule has 0 saturated carbocycles. The van der Waals surface area contributed by atoms with Crippen LogP contribution in [-0.4, -0.2) is 40.1 Å². The third kappa shape index (κ3) is 5.19. The van der Waals surface area contributed by atoms with Crippen molar-refractivity contribution in [2.24, 2.45) is 4.99 Å². The van der Waals surface area contributed by atoms with E-state index in [0.717, 1.165) is 16.5 Å². The summed E-state index contributed by atoms with van der Waals surface area (Å²) in [5, 5.41) is 0.832. The lowest BCUT2D eigenvalue weighted by Gasteiger charge is -2.19. The topological polar surface area (TPSA) is 98.8 Å². The molecule has 3 N–H and O–H groups in total. The molecule has 1 atom stereocenters. The highest BCUT2D eigenvalue weighted by Crippen LogP contribution is 2.22. The maximum atomic E-state index is 11.4. The number of anilines is 1. The summed E-state index contributed by atoms with van der Waals surface area (Å²) in [6, 6.07) is 5.40. The van der Waals surface area contributed by atoms with Gasteiger partial charge in [0.2, 0.25) is 0 Å². The monoisotopic (exact) mass is 324 g/mol. The van der Waals surface area contributed by atoms with Crippen LogP contribution in [-0.2, 0) is 9.57 Å². The van der Waals surface area contributed by atoms with E-state index in [2.05, 4.69) is 15.5 Å². The molecular formula is C14H20N4O3S. The second kappa shape index (κ2) is 6.97. The van der Waals surface area contributed by atoms with Gasteiger partial charge in [-0.3, -0.25) is 9.83 Å². The minimum absolute atomic E-state index is 0.0434. The van der Waals surface area contributed by atoms with Crippen molar-refractivity contribution in [2.75, 3.05) is 18.1 Å². The fourth-order valence-corrected chi connectivity index (χ4v) is 2.71. The minimum atomic E-state index is -0.611. The van der Waals surface area contributed by atoms with Gasteiger partial charge in [0.15, 0.2) is 0 Å². The molecule has 2 rings (SSSR count). The molecule has 7 nitrogen and oxygen atoms in total. The first kappa shape index (κ1) is 16.6. The number of nitrogens with zero attached hydrogens (tertiary/aromatic N) is 2. The number of aromatic nitrogens is 1. The van der Waals surface area contributed by atoms with Crippen molar-refractivity contribution >= 4 is 28.7 Å². The zero-order chi connectivity index (χ0) is 16.2. The highest BCUT2D eigenvalue weighted by molar-refractivity contribution is 8.14. The molecular weight excluding hydrogens is 304 g/mol. The molecule has 1 amide bonds. The number of rotatable bonds is 4. The summed E-state index contributed by atoms with van der Waals surface area (Å²) in [5.41, 5.74) is 8.12. The Kier molecular flexibility index (Phi) is 5.25. The minimum Gasteiger partial charge on any atom is -0.442 e. The number of hydrogen-bond donors (Lipinski definition) is 2. The van der Waals surface area contributed by atoms with Gasteiger partial charge in [0.1, 0.15) is 16.5 Å². The van der Waals surface area contributed by atoms with Crippen molar-refractivity contribution in [3.8, 4) is 0 Å². The Morgan fingerprint density at radius 2 is 2.27 bits per heavy atom. The number of carbonyl (C=O) groups is 1. The van der Waals surface area contributed by atoms with Gasteiger partial charge in [0, 0.05) is 5.75 Å². The molecule has 0 spiro atoms. The number of nitrogens with two attached hydrogens (primary N) is 1. The van der Waals surface area contributed by atoms with Gasteiger partial charge in [0.05, 0.1) is 18.3 Å². The van der Waals surface area contributed by atoms with Crippen LogP contribution in [0.15, 0.2) is 23.2 Å². The molecule has 8 heteroatoms. The first-order valence-electron chi connectivity index (χ1n) is 6.88. The molecule has 22 heavy (non-hydrogen) atoms. The number of nitrogen functional groups attached to an aromatic ring is 1. The van der Waals surface area contributed by atoms with Gasteiger partial charge in [-0.25, -0.2) is 9.78 Å². The molecule has 1 unspecified atom stereocenters.